The molecule has 0 aliphatic carbocycles. The third kappa shape index (κ3) is 4.52. The van der Waals surface area contributed by atoms with Crippen molar-refractivity contribution in [3.63, 3.8) is 0 Å². The fraction of sp³-hybridized carbons (Fsp3) is 0.273. The maximum atomic E-state index is 12.6. The first-order valence-electron chi connectivity index (χ1n) is 9.15. The van der Waals surface area contributed by atoms with E-state index in [2.05, 4.69) is 0 Å². The number of carbonyl (C=O) groups excluding carboxylic acids is 2. The number of ether oxygens (including phenoxy) is 2. The smallest absolute Gasteiger partial charge is 0.253 e. The van der Waals surface area contributed by atoms with Gasteiger partial charge in [-0.1, -0.05) is 18.2 Å². The summed E-state index contributed by atoms with van der Waals surface area (Å²) >= 11 is 0. The first-order valence-corrected chi connectivity index (χ1v) is 9.15. The average molecular weight is 380 g/mol. The molecule has 6 heteroatoms. The zero-order valence-corrected chi connectivity index (χ0v) is 16.1. The fourth-order valence-corrected chi connectivity index (χ4v) is 3.12. The molecule has 2 aromatic carbocycles. The highest BCUT2D eigenvalue weighted by molar-refractivity contribution is 5.95. The molecule has 6 nitrogen and oxygen atoms in total. The third-order valence-corrected chi connectivity index (χ3v) is 4.76. The van der Waals surface area contributed by atoms with Crippen LogP contribution in [0.2, 0.25) is 0 Å². The minimum atomic E-state index is -0.0672. The highest BCUT2D eigenvalue weighted by atomic mass is 16.5. The number of hydrogen-bond donors (Lipinski definition) is 0. The van der Waals surface area contributed by atoms with Gasteiger partial charge in [-0.3, -0.25) is 9.59 Å². The summed E-state index contributed by atoms with van der Waals surface area (Å²) in [5, 5.41) is 0. The molecule has 0 aromatic heterocycles. The number of rotatable bonds is 5. The lowest BCUT2D eigenvalue weighted by Gasteiger charge is -2.34. The van der Waals surface area contributed by atoms with Crippen LogP contribution in [0.4, 0.5) is 0 Å². The van der Waals surface area contributed by atoms with Crippen LogP contribution in [0.3, 0.4) is 0 Å². The number of methoxy groups -OCH3 is 2. The Morgan fingerprint density at radius 3 is 2.14 bits per heavy atom. The van der Waals surface area contributed by atoms with Gasteiger partial charge in [0.25, 0.3) is 5.91 Å². The molecule has 2 amide bonds. The topological polar surface area (TPSA) is 59.1 Å². The Morgan fingerprint density at radius 2 is 1.50 bits per heavy atom. The molecule has 1 aliphatic heterocycles. The molecule has 0 radical (unpaired) electrons. The first kappa shape index (κ1) is 19.5. The van der Waals surface area contributed by atoms with Gasteiger partial charge in [-0.2, -0.15) is 0 Å². The van der Waals surface area contributed by atoms with E-state index < -0.39 is 0 Å². The highest BCUT2D eigenvalue weighted by Gasteiger charge is 2.23. The summed E-state index contributed by atoms with van der Waals surface area (Å²) in [6, 6.07) is 14.6. The van der Waals surface area contributed by atoms with Crippen molar-refractivity contribution in [3.8, 4) is 11.5 Å². The number of para-hydroxylation sites is 1. The molecule has 0 bridgehead atoms. The van der Waals surface area contributed by atoms with E-state index in [9.17, 15) is 9.59 Å². The molecule has 28 heavy (non-hydrogen) atoms. The predicted molar refractivity (Wildman–Crippen MR) is 108 cm³/mol. The molecule has 0 unspecified atom stereocenters. The summed E-state index contributed by atoms with van der Waals surface area (Å²) in [5.41, 5.74) is 1.48. The van der Waals surface area contributed by atoms with Crippen LogP contribution in [0.25, 0.3) is 6.08 Å². The van der Waals surface area contributed by atoms with E-state index in [0.29, 0.717) is 37.5 Å². The Bertz CT molecular complexity index is 853. The Hall–Kier alpha value is -3.28. The van der Waals surface area contributed by atoms with Gasteiger partial charge in [0, 0.05) is 43.4 Å². The monoisotopic (exact) mass is 380 g/mol. The number of hydrogen-bond acceptors (Lipinski definition) is 4. The van der Waals surface area contributed by atoms with Gasteiger partial charge in [0.1, 0.15) is 11.5 Å². The summed E-state index contributed by atoms with van der Waals surface area (Å²) < 4.78 is 10.4. The number of carbonyl (C=O) groups is 2. The van der Waals surface area contributed by atoms with Gasteiger partial charge < -0.3 is 19.3 Å². The molecule has 1 saturated heterocycles. The molecule has 0 spiro atoms. The summed E-state index contributed by atoms with van der Waals surface area (Å²) in [7, 11) is 3.20. The summed E-state index contributed by atoms with van der Waals surface area (Å²) in [6.45, 7) is 2.05. The second-order valence-corrected chi connectivity index (χ2v) is 6.42. The molecule has 1 aliphatic rings. The minimum absolute atomic E-state index is 0.0284. The van der Waals surface area contributed by atoms with Gasteiger partial charge in [0.2, 0.25) is 5.91 Å². The Balaban J connectivity index is 1.56. The number of piperazine rings is 1. The third-order valence-electron chi connectivity index (χ3n) is 4.76. The van der Waals surface area contributed by atoms with E-state index in [1.54, 1.807) is 60.4 Å². The molecule has 1 fully saturated rings. The van der Waals surface area contributed by atoms with E-state index in [1.165, 1.54) is 0 Å². The zero-order chi connectivity index (χ0) is 19.9. The molecule has 1 heterocycles. The first-order chi connectivity index (χ1) is 13.6. The normalized spacial score (nSPS) is 14.2. The lowest BCUT2D eigenvalue weighted by Crippen LogP contribution is -2.50. The van der Waals surface area contributed by atoms with Gasteiger partial charge in [-0.25, -0.2) is 0 Å². The average Bonchev–Trinajstić information content (AvgIpc) is 2.77. The van der Waals surface area contributed by atoms with E-state index in [-0.39, 0.29) is 11.8 Å². The van der Waals surface area contributed by atoms with Crippen molar-refractivity contribution in [2.45, 2.75) is 0 Å². The Labute approximate surface area is 165 Å². The van der Waals surface area contributed by atoms with Crippen molar-refractivity contribution in [1.29, 1.82) is 0 Å². The van der Waals surface area contributed by atoms with Crippen LogP contribution in [-0.2, 0) is 4.79 Å². The van der Waals surface area contributed by atoms with Crippen LogP contribution in [0.15, 0.2) is 54.6 Å². The zero-order valence-electron chi connectivity index (χ0n) is 16.1. The highest BCUT2D eigenvalue weighted by Crippen LogP contribution is 2.19. The van der Waals surface area contributed by atoms with Crippen molar-refractivity contribution in [1.82, 2.24) is 9.80 Å². The summed E-state index contributed by atoms with van der Waals surface area (Å²) in [5.74, 6) is 1.34. The standard InChI is InChI=1S/C22H24N2O4/c1-27-19-10-7-18(8-11-19)22(26)24-15-13-23(14-16-24)21(25)12-9-17-5-3-4-6-20(17)28-2/h3-12H,13-16H2,1-2H3/b12-9+. The molecule has 0 saturated carbocycles. The quantitative estimate of drug-likeness (QED) is 0.749. The largest absolute Gasteiger partial charge is 0.497 e. The van der Waals surface area contributed by atoms with Crippen molar-refractivity contribution < 1.29 is 19.1 Å². The number of benzene rings is 2. The minimum Gasteiger partial charge on any atom is -0.497 e. The van der Waals surface area contributed by atoms with Crippen molar-refractivity contribution in [3.05, 3.63) is 65.7 Å². The van der Waals surface area contributed by atoms with Gasteiger partial charge in [0.15, 0.2) is 0 Å². The van der Waals surface area contributed by atoms with Crippen LogP contribution in [-0.4, -0.2) is 62.0 Å². The maximum Gasteiger partial charge on any atom is 0.253 e. The van der Waals surface area contributed by atoms with Crippen LogP contribution in [0, 0.1) is 0 Å². The second kappa shape index (κ2) is 9.08. The Morgan fingerprint density at radius 1 is 0.857 bits per heavy atom. The van der Waals surface area contributed by atoms with Gasteiger partial charge in [-0.05, 0) is 36.4 Å². The number of nitrogens with zero attached hydrogens (tertiary/aromatic N) is 2. The van der Waals surface area contributed by atoms with Crippen molar-refractivity contribution in [2.75, 3.05) is 40.4 Å². The molecule has 0 N–H and O–H groups in total. The van der Waals surface area contributed by atoms with Crippen LogP contribution >= 0.6 is 0 Å². The summed E-state index contributed by atoms with van der Waals surface area (Å²) in [6.07, 6.45) is 3.31. The predicted octanol–water partition coefficient (Wildman–Crippen LogP) is 2.70. The molecule has 146 valence electrons. The molecule has 2 aromatic rings. The Kier molecular flexibility index (Phi) is 6.32. The van der Waals surface area contributed by atoms with E-state index in [4.69, 9.17) is 9.47 Å². The van der Waals surface area contributed by atoms with Crippen LogP contribution in [0.1, 0.15) is 15.9 Å². The van der Waals surface area contributed by atoms with Gasteiger partial charge in [-0.15, -0.1) is 0 Å². The molecule has 3 rings (SSSR count). The second-order valence-electron chi connectivity index (χ2n) is 6.42. The van der Waals surface area contributed by atoms with Crippen LogP contribution in [0.5, 0.6) is 11.5 Å². The molecular formula is C22H24N2O4. The van der Waals surface area contributed by atoms with E-state index in [0.717, 1.165) is 11.3 Å². The lowest BCUT2D eigenvalue weighted by molar-refractivity contribution is -0.127. The lowest BCUT2D eigenvalue weighted by atomic mass is 10.1. The van der Waals surface area contributed by atoms with Crippen molar-refractivity contribution in [2.24, 2.45) is 0 Å². The maximum absolute atomic E-state index is 12.6. The van der Waals surface area contributed by atoms with Gasteiger partial charge >= 0.3 is 0 Å². The SMILES string of the molecule is COc1ccc(C(=O)N2CCN(C(=O)/C=C/c3ccccc3OC)CC2)cc1. The number of amides is 2. The van der Waals surface area contributed by atoms with Crippen LogP contribution < -0.4 is 9.47 Å². The van der Waals surface area contributed by atoms with E-state index >= 15 is 0 Å². The van der Waals surface area contributed by atoms with Gasteiger partial charge in [0.05, 0.1) is 14.2 Å². The van der Waals surface area contributed by atoms with E-state index in [1.807, 2.05) is 24.3 Å². The summed E-state index contributed by atoms with van der Waals surface area (Å²) in [4.78, 5) is 28.6. The fourth-order valence-electron chi connectivity index (χ4n) is 3.12. The van der Waals surface area contributed by atoms with Crippen molar-refractivity contribution >= 4 is 17.9 Å². The molecular weight excluding hydrogens is 356 g/mol. The molecule has 0 atom stereocenters.